The fourth-order valence-electron chi connectivity index (χ4n) is 5.16. The molecule has 0 aliphatic carbocycles. The Bertz CT molecular complexity index is 1300. The van der Waals surface area contributed by atoms with Crippen LogP contribution in [0.15, 0.2) is 65.7 Å². The average molecular weight is 591 g/mol. The minimum atomic E-state index is -5.08. The third-order valence-corrected chi connectivity index (χ3v) is 7.38. The van der Waals surface area contributed by atoms with E-state index in [2.05, 4.69) is 32.3 Å². The molecule has 0 atom stereocenters. The van der Waals surface area contributed by atoms with Gasteiger partial charge >= 0.3 is 17.8 Å². The largest absolute Gasteiger partial charge is 0.492 e. The number of carbonyl (C=O) groups is 1. The van der Waals surface area contributed by atoms with E-state index in [0.29, 0.717) is 26.2 Å². The molecular formula is C29H37F3N6O4. The van der Waals surface area contributed by atoms with E-state index >= 15 is 0 Å². The zero-order chi connectivity index (χ0) is 30.0. The number of piperidine rings is 1. The number of aromatic nitrogens is 3. The van der Waals surface area contributed by atoms with Crippen molar-refractivity contribution in [3.8, 4) is 11.4 Å². The van der Waals surface area contributed by atoms with Gasteiger partial charge in [0.05, 0.1) is 12.2 Å². The molecule has 2 saturated heterocycles. The summed E-state index contributed by atoms with van der Waals surface area (Å²) in [5.74, 6) is -1.89. The number of rotatable bonds is 10. The van der Waals surface area contributed by atoms with Crippen LogP contribution in [0.25, 0.3) is 5.69 Å². The summed E-state index contributed by atoms with van der Waals surface area (Å²) in [6.07, 6.45) is 1.72. The summed E-state index contributed by atoms with van der Waals surface area (Å²) in [5, 5.41) is 14.7. The van der Waals surface area contributed by atoms with Crippen LogP contribution in [0.2, 0.25) is 0 Å². The molecule has 2 N–H and O–H groups in total. The number of benzene rings is 2. The summed E-state index contributed by atoms with van der Waals surface area (Å²) in [6, 6.07) is 18.8. The molecule has 0 saturated carbocycles. The normalized spacial score (nSPS) is 16.2. The first-order valence-electron chi connectivity index (χ1n) is 14.1. The number of alkyl halides is 3. The van der Waals surface area contributed by atoms with E-state index in [9.17, 15) is 18.0 Å². The third kappa shape index (κ3) is 8.83. The number of likely N-dealkylation sites (tertiary alicyclic amines) is 1. The monoisotopic (exact) mass is 590 g/mol. The lowest BCUT2D eigenvalue weighted by atomic mass is 10.0. The first-order chi connectivity index (χ1) is 20.2. The van der Waals surface area contributed by atoms with Crippen molar-refractivity contribution < 1.29 is 27.8 Å². The lowest BCUT2D eigenvalue weighted by molar-refractivity contribution is -0.192. The second-order valence-electron chi connectivity index (χ2n) is 10.2. The van der Waals surface area contributed by atoms with Crippen molar-refractivity contribution in [1.29, 1.82) is 0 Å². The van der Waals surface area contributed by atoms with Gasteiger partial charge in [-0.1, -0.05) is 18.2 Å². The molecule has 0 amide bonds. The number of para-hydroxylation sites is 1. The topological polar surface area (TPSA) is 105 Å². The van der Waals surface area contributed by atoms with Crippen LogP contribution < -0.4 is 20.6 Å². The van der Waals surface area contributed by atoms with E-state index in [0.717, 1.165) is 30.6 Å². The number of hydrogen-bond donors (Lipinski definition) is 2. The molecule has 0 unspecified atom stereocenters. The highest BCUT2D eigenvalue weighted by Crippen LogP contribution is 2.25. The summed E-state index contributed by atoms with van der Waals surface area (Å²) in [4.78, 5) is 26.9. The fraction of sp³-hybridized carbons (Fsp3) is 0.483. The molecule has 0 bridgehead atoms. The van der Waals surface area contributed by atoms with Crippen LogP contribution in [-0.2, 0) is 11.3 Å². The summed E-state index contributed by atoms with van der Waals surface area (Å²) < 4.78 is 40.5. The van der Waals surface area contributed by atoms with Crippen LogP contribution in [-0.4, -0.2) is 88.4 Å². The van der Waals surface area contributed by atoms with Crippen molar-refractivity contribution in [2.24, 2.45) is 0 Å². The van der Waals surface area contributed by atoms with Crippen LogP contribution in [0.4, 0.5) is 18.9 Å². The van der Waals surface area contributed by atoms with Gasteiger partial charge in [-0.15, -0.1) is 0 Å². The van der Waals surface area contributed by atoms with E-state index in [-0.39, 0.29) is 5.69 Å². The standard InChI is InChI=1S/C27H36N6O2.C2HF3O2/c34-27-32(22-29-33(27)20-14-28-15-21-35-26-6-2-1-3-7-26)25-10-8-23(9-11-25)31-18-12-24(13-19-31)30-16-4-5-17-30;3-2(4,5)1(6)7/h1-3,6-11,22,24,28H,4-5,12-21H2;(H,6,7). The molecule has 2 aliphatic heterocycles. The second-order valence-corrected chi connectivity index (χ2v) is 10.2. The van der Waals surface area contributed by atoms with Crippen molar-refractivity contribution in [2.75, 3.05) is 50.8 Å². The Hall–Kier alpha value is -3.84. The molecule has 2 aromatic carbocycles. The predicted octanol–water partition coefficient (Wildman–Crippen LogP) is 3.40. The molecule has 10 nitrogen and oxygen atoms in total. The van der Waals surface area contributed by atoms with Gasteiger partial charge in [-0.3, -0.25) is 0 Å². The fourth-order valence-corrected chi connectivity index (χ4v) is 5.16. The molecular weight excluding hydrogens is 553 g/mol. The number of carboxylic acid groups (broad SMARTS) is 1. The minimum Gasteiger partial charge on any atom is -0.492 e. The average Bonchev–Trinajstić information content (AvgIpc) is 3.66. The van der Waals surface area contributed by atoms with Crippen LogP contribution in [0.1, 0.15) is 25.7 Å². The van der Waals surface area contributed by atoms with Gasteiger partial charge in [0.1, 0.15) is 18.7 Å². The summed E-state index contributed by atoms with van der Waals surface area (Å²) >= 11 is 0. The van der Waals surface area contributed by atoms with Gasteiger partial charge in [0.15, 0.2) is 0 Å². The second kappa shape index (κ2) is 14.9. The number of anilines is 1. The number of carboxylic acids is 1. The molecule has 2 aliphatic rings. The van der Waals surface area contributed by atoms with Gasteiger partial charge in [-0.2, -0.15) is 18.3 Å². The van der Waals surface area contributed by atoms with Crippen LogP contribution >= 0.6 is 0 Å². The zero-order valence-electron chi connectivity index (χ0n) is 23.4. The van der Waals surface area contributed by atoms with E-state index < -0.39 is 12.1 Å². The highest BCUT2D eigenvalue weighted by Gasteiger charge is 2.38. The van der Waals surface area contributed by atoms with Gasteiger partial charge in [0.25, 0.3) is 0 Å². The van der Waals surface area contributed by atoms with E-state index in [1.54, 1.807) is 10.9 Å². The number of nitrogens with one attached hydrogen (secondary N) is 1. The van der Waals surface area contributed by atoms with Gasteiger partial charge < -0.3 is 25.0 Å². The maximum atomic E-state index is 12.8. The maximum absolute atomic E-state index is 12.8. The Kier molecular flexibility index (Phi) is 11.0. The molecule has 5 rings (SSSR count). The summed E-state index contributed by atoms with van der Waals surface area (Å²) in [5.41, 5.74) is 1.96. The van der Waals surface area contributed by atoms with Gasteiger partial charge in [-0.05, 0) is 75.2 Å². The highest BCUT2D eigenvalue weighted by atomic mass is 19.4. The van der Waals surface area contributed by atoms with Crippen LogP contribution in [0.3, 0.4) is 0 Å². The van der Waals surface area contributed by atoms with Crippen molar-refractivity contribution in [1.82, 2.24) is 24.6 Å². The van der Waals surface area contributed by atoms with Crippen LogP contribution in [0, 0.1) is 0 Å². The third-order valence-electron chi connectivity index (χ3n) is 7.38. The molecule has 1 aromatic heterocycles. The predicted molar refractivity (Wildman–Crippen MR) is 152 cm³/mol. The first kappa shape index (κ1) is 31.1. The maximum Gasteiger partial charge on any atom is 0.490 e. The highest BCUT2D eigenvalue weighted by molar-refractivity contribution is 5.73. The Morgan fingerprint density at radius 1 is 0.952 bits per heavy atom. The smallest absolute Gasteiger partial charge is 0.490 e. The molecule has 42 heavy (non-hydrogen) atoms. The van der Waals surface area contributed by atoms with Crippen molar-refractivity contribution in [3.63, 3.8) is 0 Å². The zero-order valence-corrected chi connectivity index (χ0v) is 23.4. The van der Waals surface area contributed by atoms with E-state index in [4.69, 9.17) is 14.6 Å². The molecule has 228 valence electrons. The Morgan fingerprint density at radius 2 is 1.57 bits per heavy atom. The summed E-state index contributed by atoms with van der Waals surface area (Å²) in [6.45, 7) is 7.21. The first-order valence-corrected chi connectivity index (χ1v) is 14.1. The SMILES string of the molecule is O=C(O)C(F)(F)F.O=c1n(-c2ccc(N3CCC(N4CCCC4)CC3)cc2)cnn1CCNCCOc1ccccc1. The molecule has 0 spiro atoms. The number of hydrogen-bond acceptors (Lipinski definition) is 7. The van der Waals surface area contributed by atoms with Gasteiger partial charge in [0, 0.05) is 37.9 Å². The lowest BCUT2D eigenvalue weighted by Crippen LogP contribution is -2.43. The van der Waals surface area contributed by atoms with E-state index in [1.807, 2.05) is 42.5 Å². The molecule has 3 heterocycles. The number of ether oxygens (including phenoxy) is 1. The molecule has 2 fully saturated rings. The number of halogens is 3. The minimum absolute atomic E-state index is 0.119. The van der Waals surface area contributed by atoms with Crippen LogP contribution in [0.5, 0.6) is 5.75 Å². The number of nitrogens with zero attached hydrogens (tertiary/aromatic N) is 5. The molecule has 3 aromatic rings. The van der Waals surface area contributed by atoms with Crippen molar-refractivity contribution >= 4 is 11.7 Å². The Morgan fingerprint density at radius 3 is 2.19 bits per heavy atom. The van der Waals surface area contributed by atoms with Gasteiger partial charge in [0.2, 0.25) is 0 Å². The van der Waals surface area contributed by atoms with E-state index in [1.165, 1.54) is 49.1 Å². The Balaban J connectivity index is 0.000000517. The molecule has 13 heteroatoms. The van der Waals surface area contributed by atoms with Crippen molar-refractivity contribution in [2.45, 2.75) is 44.4 Å². The van der Waals surface area contributed by atoms with Crippen molar-refractivity contribution in [3.05, 3.63) is 71.4 Å². The van der Waals surface area contributed by atoms with Gasteiger partial charge in [-0.25, -0.2) is 18.8 Å². The lowest BCUT2D eigenvalue weighted by Gasteiger charge is -2.37. The molecule has 0 radical (unpaired) electrons. The number of aliphatic carboxylic acids is 1. The Labute approximate surface area is 242 Å². The quantitative estimate of drug-likeness (QED) is 0.347. The summed E-state index contributed by atoms with van der Waals surface area (Å²) in [7, 11) is 0.